The number of ketones is 1. The second-order valence-corrected chi connectivity index (χ2v) is 7.62. The van der Waals surface area contributed by atoms with E-state index in [1.807, 2.05) is 30.3 Å². The quantitative estimate of drug-likeness (QED) is 0.427. The van der Waals surface area contributed by atoms with E-state index in [4.69, 9.17) is 4.74 Å². The third-order valence-electron chi connectivity index (χ3n) is 4.31. The zero-order valence-electron chi connectivity index (χ0n) is 16.7. The average Bonchev–Trinajstić information content (AvgIpc) is 2.69. The van der Waals surface area contributed by atoms with E-state index in [1.165, 1.54) is 0 Å². The van der Waals surface area contributed by atoms with Crippen molar-refractivity contribution in [3.63, 3.8) is 0 Å². The fourth-order valence-corrected chi connectivity index (χ4v) is 2.61. The Hall–Kier alpha value is -2.95. The lowest BCUT2D eigenvalue weighted by molar-refractivity contribution is -0.142. The summed E-state index contributed by atoms with van der Waals surface area (Å²) < 4.78 is 5.07. The third kappa shape index (κ3) is 6.65. The summed E-state index contributed by atoms with van der Waals surface area (Å²) in [5.74, 6) is -0.827. The second-order valence-electron chi connectivity index (χ2n) is 7.62. The maximum Gasteiger partial charge on any atom is 0.325 e. The Labute approximate surface area is 166 Å². The summed E-state index contributed by atoms with van der Waals surface area (Å²) in [5.41, 5.74) is 2.29. The predicted octanol–water partition coefficient (Wildman–Crippen LogP) is 3.92. The van der Waals surface area contributed by atoms with Crippen LogP contribution in [0.3, 0.4) is 0 Å². The molecule has 2 aromatic rings. The van der Waals surface area contributed by atoms with Crippen LogP contribution in [0.4, 0.5) is 0 Å². The van der Waals surface area contributed by atoms with Crippen LogP contribution in [-0.2, 0) is 14.9 Å². The molecule has 28 heavy (non-hydrogen) atoms. The first-order valence-electron chi connectivity index (χ1n) is 9.40. The smallest absolute Gasteiger partial charge is 0.325 e. The molecular weight excluding hydrogens is 354 g/mol. The molecular formula is C23H27NO4. The molecule has 0 radical (unpaired) electrons. The van der Waals surface area contributed by atoms with Crippen LogP contribution in [0.2, 0.25) is 0 Å². The summed E-state index contributed by atoms with van der Waals surface area (Å²) in [4.78, 5) is 35.8. The molecule has 0 fully saturated rings. The van der Waals surface area contributed by atoms with E-state index in [-0.39, 0.29) is 30.3 Å². The monoisotopic (exact) mass is 381 g/mol. The zero-order valence-corrected chi connectivity index (χ0v) is 16.7. The van der Waals surface area contributed by atoms with E-state index in [0.29, 0.717) is 24.0 Å². The molecule has 0 bridgehead atoms. The number of carbonyl (C=O) groups is 3. The molecule has 5 heteroatoms. The molecule has 0 unspecified atom stereocenters. The van der Waals surface area contributed by atoms with Crippen LogP contribution in [0.25, 0.3) is 0 Å². The van der Waals surface area contributed by atoms with Crippen molar-refractivity contribution in [3.05, 3.63) is 71.3 Å². The van der Waals surface area contributed by atoms with Gasteiger partial charge in [0.15, 0.2) is 5.78 Å². The van der Waals surface area contributed by atoms with Gasteiger partial charge in [-0.1, -0.05) is 63.2 Å². The van der Waals surface area contributed by atoms with E-state index >= 15 is 0 Å². The normalized spacial score (nSPS) is 11.0. The Morgan fingerprint density at radius 2 is 1.54 bits per heavy atom. The number of rotatable bonds is 8. The minimum atomic E-state index is -0.521. The molecule has 0 saturated heterocycles. The van der Waals surface area contributed by atoms with Gasteiger partial charge in [-0.25, -0.2) is 0 Å². The molecule has 0 spiro atoms. The molecule has 0 aliphatic rings. The number of carbonyl (C=O) groups excluding carboxylic acids is 3. The highest BCUT2D eigenvalue weighted by Crippen LogP contribution is 2.22. The number of nitrogens with one attached hydrogen (secondary N) is 1. The Morgan fingerprint density at radius 1 is 0.893 bits per heavy atom. The van der Waals surface area contributed by atoms with Crippen LogP contribution in [-0.4, -0.2) is 30.8 Å². The van der Waals surface area contributed by atoms with Gasteiger partial charge in [0, 0.05) is 17.5 Å². The first-order valence-corrected chi connectivity index (χ1v) is 9.40. The van der Waals surface area contributed by atoms with Crippen molar-refractivity contribution in [3.8, 4) is 0 Å². The molecule has 0 heterocycles. The molecule has 0 aromatic heterocycles. The topological polar surface area (TPSA) is 72.5 Å². The highest BCUT2D eigenvalue weighted by Gasteiger charge is 2.15. The van der Waals surface area contributed by atoms with Crippen LogP contribution in [0, 0.1) is 0 Å². The Kier molecular flexibility index (Phi) is 7.50. The van der Waals surface area contributed by atoms with Gasteiger partial charge in [-0.3, -0.25) is 14.4 Å². The summed E-state index contributed by atoms with van der Waals surface area (Å²) in [6, 6.07) is 16.3. The van der Waals surface area contributed by atoms with Gasteiger partial charge >= 0.3 is 5.97 Å². The Bertz CT molecular complexity index is 805. The van der Waals surface area contributed by atoms with Crippen molar-refractivity contribution in [1.82, 2.24) is 5.32 Å². The van der Waals surface area contributed by atoms with Gasteiger partial charge in [0.05, 0.1) is 6.61 Å². The minimum Gasteiger partial charge on any atom is -0.464 e. The molecule has 2 aromatic carbocycles. The number of hydrogen-bond donors (Lipinski definition) is 1. The third-order valence-corrected chi connectivity index (χ3v) is 4.31. The van der Waals surface area contributed by atoms with E-state index in [9.17, 15) is 14.4 Å². The van der Waals surface area contributed by atoms with Crippen molar-refractivity contribution in [2.75, 3.05) is 13.2 Å². The van der Waals surface area contributed by atoms with Crippen LogP contribution >= 0.6 is 0 Å². The lowest BCUT2D eigenvalue weighted by Gasteiger charge is -2.19. The average molecular weight is 381 g/mol. The first-order chi connectivity index (χ1) is 13.3. The van der Waals surface area contributed by atoms with Crippen molar-refractivity contribution < 1.29 is 19.1 Å². The summed E-state index contributed by atoms with van der Waals surface area (Å²) in [7, 11) is 0. The largest absolute Gasteiger partial charge is 0.464 e. The van der Waals surface area contributed by atoms with Gasteiger partial charge < -0.3 is 10.1 Å². The van der Waals surface area contributed by atoms with Crippen molar-refractivity contribution in [2.45, 2.75) is 39.0 Å². The van der Waals surface area contributed by atoms with Crippen LogP contribution in [0.1, 0.15) is 59.9 Å². The number of hydrogen-bond acceptors (Lipinski definition) is 4. The highest BCUT2D eigenvalue weighted by atomic mass is 16.5. The summed E-state index contributed by atoms with van der Waals surface area (Å²) in [6.07, 6.45) is 0.755. The number of ether oxygens (including phenoxy) is 1. The molecule has 0 saturated carbocycles. The molecule has 0 atom stereocenters. The predicted molar refractivity (Wildman–Crippen MR) is 108 cm³/mol. The summed E-state index contributed by atoms with van der Waals surface area (Å²) in [6.45, 7) is 6.25. The molecule has 0 aliphatic heterocycles. The lowest BCUT2D eigenvalue weighted by Crippen LogP contribution is -2.30. The lowest BCUT2D eigenvalue weighted by atomic mass is 9.87. The highest BCUT2D eigenvalue weighted by molar-refractivity contribution is 5.96. The van der Waals surface area contributed by atoms with Gasteiger partial charge in [-0.15, -0.1) is 0 Å². The van der Waals surface area contributed by atoms with Gasteiger partial charge in [-0.2, -0.15) is 0 Å². The first kappa shape index (κ1) is 21.4. The number of Topliss-reactive ketones (excluding diaryl/α,β-unsaturated/α-hetero) is 1. The van der Waals surface area contributed by atoms with Gasteiger partial charge in [-0.05, 0) is 29.5 Å². The van der Waals surface area contributed by atoms with Crippen molar-refractivity contribution in [1.29, 1.82) is 0 Å². The second kappa shape index (κ2) is 9.83. The number of benzene rings is 2. The molecule has 1 amide bonds. The van der Waals surface area contributed by atoms with E-state index in [0.717, 1.165) is 5.56 Å². The van der Waals surface area contributed by atoms with Gasteiger partial charge in [0.1, 0.15) is 6.54 Å². The summed E-state index contributed by atoms with van der Waals surface area (Å²) in [5, 5.41) is 2.55. The van der Waals surface area contributed by atoms with Crippen LogP contribution in [0.15, 0.2) is 54.6 Å². The fourth-order valence-electron chi connectivity index (χ4n) is 2.61. The molecule has 2 rings (SSSR count). The van der Waals surface area contributed by atoms with Crippen LogP contribution < -0.4 is 5.32 Å². The SMILES string of the molecule is CC(C)(C)c1ccc(C(=O)NCC(=O)OCCCC(=O)c2ccccc2)cc1. The Balaban J connectivity index is 1.68. The van der Waals surface area contributed by atoms with Gasteiger partial charge in [0.25, 0.3) is 5.91 Å². The molecule has 5 nitrogen and oxygen atoms in total. The maximum absolute atomic E-state index is 12.1. The van der Waals surface area contributed by atoms with Gasteiger partial charge in [0.2, 0.25) is 0 Å². The molecule has 148 valence electrons. The zero-order chi connectivity index (χ0) is 20.6. The Morgan fingerprint density at radius 3 is 2.14 bits per heavy atom. The minimum absolute atomic E-state index is 0.0146. The van der Waals surface area contributed by atoms with E-state index in [2.05, 4.69) is 26.1 Å². The maximum atomic E-state index is 12.1. The van der Waals surface area contributed by atoms with Crippen molar-refractivity contribution >= 4 is 17.7 Å². The van der Waals surface area contributed by atoms with E-state index < -0.39 is 5.97 Å². The molecule has 1 N–H and O–H groups in total. The standard InChI is InChI=1S/C23H27NO4/c1-23(2,3)19-13-11-18(12-14-19)22(27)24-16-21(26)28-15-7-10-20(25)17-8-5-4-6-9-17/h4-6,8-9,11-14H,7,10,15-16H2,1-3H3,(H,24,27). The van der Waals surface area contributed by atoms with E-state index in [1.54, 1.807) is 24.3 Å². The number of amides is 1. The fraction of sp³-hybridized carbons (Fsp3) is 0.348. The van der Waals surface area contributed by atoms with Crippen molar-refractivity contribution in [2.24, 2.45) is 0 Å². The number of esters is 1. The van der Waals surface area contributed by atoms with Crippen LogP contribution in [0.5, 0.6) is 0 Å². The molecule has 0 aliphatic carbocycles. The summed E-state index contributed by atoms with van der Waals surface area (Å²) >= 11 is 0.